The van der Waals surface area contributed by atoms with Crippen LogP contribution in [-0.4, -0.2) is 17.2 Å². The molecular weight excluding hydrogens is 290 g/mol. The molecule has 2 rings (SSSR count). The molecule has 0 aliphatic rings. The van der Waals surface area contributed by atoms with Crippen LogP contribution in [0.25, 0.3) is 0 Å². The van der Waals surface area contributed by atoms with Crippen molar-refractivity contribution in [1.29, 1.82) is 0 Å². The third-order valence-electron chi connectivity index (χ3n) is 3.35. The maximum atomic E-state index is 11.9. The molecule has 2 amide bonds. The molecule has 1 aromatic heterocycles. The number of ether oxygens (including phenoxy) is 1. The van der Waals surface area contributed by atoms with Crippen LogP contribution in [0.5, 0.6) is 5.75 Å². The van der Waals surface area contributed by atoms with Gasteiger partial charge in [0.1, 0.15) is 11.6 Å². The van der Waals surface area contributed by atoms with E-state index in [2.05, 4.69) is 29.5 Å². The van der Waals surface area contributed by atoms with Crippen LogP contribution in [0.1, 0.15) is 37.8 Å². The van der Waals surface area contributed by atoms with Gasteiger partial charge in [-0.2, -0.15) is 0 Å². The number of nitrogens with one attached hydrogen (secondary N) is 2. The number of carbonyl (C=O) groups is 1. The van der Waals surface area contributed by atoms with Crippen molar-refractivity contribution in [3.05, 3.63) is 53.7 Å². The van der Waals surface area contributed by atoms with Crippen LogP contribution in [0.15, 0.2) is 42.6 Å². The van der Waals surface area contributed by atoms with Gasteiger partial charge < -0.3 is 10.1 Å². The first-order chi connectivity index (χ1) is 10.9. The van der Waals surface area contributed by atoms with E-state index < -0.39 is 6.23 Å². The van der Waals surface area contributed by atoms with E-state index in [1.165, 1.54) is 5.56 Å². The van der Waals surface area contributed by atoms with Crippen molar-refractivity contribution in [1.82, 2.24) is 10.3 Å². The minimum Gasteiger partial charge on any atom is -0.471 e. The van der Waals surface area contributed by atoms with Gasteiger partial charge in [0, 0.05) is 6.20 Å². The van der Waals surface area contributed by atoms with E-state index in [0.717, 1.165) is 11.3 Å². The van der Waals surface area contributed by atoms with Crippen molar-refractivity contribution in [2.24, 2.45) is 0 Å². The molecule has 23 heavy (non-hydrogen) atoms. The van der Waals surface area contributed by atoms with E-state index in [4.69, 9.17) is 4.74 Å². The fraction of sp³-hybridized carbons (Fsp3) is 0.333. The van der Waals surface area contributed by atoms with Gasteiger partial charge in [-0.1, -0.05) is 32.0 Å². The number of hydrogen-bond donors (Lipinski definition) is 2. The third-order valence-corrected chi connectivity index (χ3v) is 3.35. The first-order valence-corrected chi connectivity index (χ1v) is 7.71. The molecule has 0 aliphatic carbocycles. The molecular formula is C18H23N3O2. The lowest BCUT2D eigenvalue weighted by molar-refractivity contribution is 0.183. The van der Waals surface area contributed by atoms with Crippen molar-refractivity contribution in [2.75, 3.05) is 5.32 Å². The second-order valence-corrected chi connectivity index (χ2v) is 5.80. The molecule has 1 atom stereocenters. The molecule has 122 valence electrons. The lowest BCUT2D eigenvalue weighted by Gasteiger charge is -2.17. The highest BCUT2D eigenvalue weighted by molar-refractivity contribution is 5.88. The van der Waals surface area contributed by atoms with Crippen molar-refractivity contribution < 1.29 is 9.53 Å². The number of urea groups is 1. The van der Waals surface area contributed by atoms with Gasteiger partial charge in [-0.05, 0) is 49.1 Å². The van der Waals surface area contributed by atoms with Crippen LogP contribution in [0.3, 0.4) is 0 Å². The summed E-state index contributed by atoms with van der Waals surface area (Å²) in [5.74, 6) is 1.70. The summed E-state index contributed by atoms with van der Waals surface area (Å²) in [6, 6.07) is 11.2. The van der Waals surface area contributed by atoms with Crippen molar-refractivity contribution in [3.63, 3.8) is 0 Å². The zero-order valence-corrected chi connectivity index (χ0v) is 14.0. The Morgan fingerprint density at radius 1 is 1.09 bits per heavy atom. The second-order valence-electron chi connectivity index (χ2n) is 5.80. The predicted octanol–water partition coefficient (Wildman–Crippen LogP) is 4.06. The number of aryl methyl sites for hydroxylation is 1. The summed E-state index contributed by atoms with van der Waals surface area (Å²) in [5.41, 5.74) is 2.29. The molecule has 1 heterocycles. The number of amides is 2. The van der Waals surface area contributed by atoms with Crippen LogP contribution in [0.4, 0.5) is 10.6 Å². The highest BCUT2D eigenvalue weighted by Gasteiger charge is 2.09. The van der Waals surface area contributed by atoms with Crippen molar-refractivity contribution in [3.8, 4) is 5.75 Å². The van der Waals surface area contributed by atoms with Crippen LogP contribution in [-0.2, 0) is 0 Å². The number of hydrogen-bond acceptors (Lipinski definition) is 3. The summed E-state index contributed by atoms with van der Waals surface area (Å²) in [5, 5.41) is 5.39. The van der Waals surface area contributed by atoms with Gasteiger partial charge in [-0.25, -0.2) is 9.78 Å². The molecule has 5 nitrogen and oxygen atoms in total. The van der Waals surface area contributed by atoms with Gasteiger partial charge in [-0.15, -0.1) is 0 Å². The SMILES string of the molecule is Cc1ccc(NC(=O)NC(C)Oc2ccc(C(C)C)cc2)nc1. The first-order valence-electron chi connectivity index (χ1n) is 7.71. The molecule has 1 aromatic carbocycles. The molecule has 2 N–H and O–H groups in total. The lowest BCUT2D eigenvalue weighted by atomic mass is 10.0. The average Bonchev–Trinajstić information content (AvgIpc) is 2.50. The molecule has 0 aliphatic heterocycles. The van der Waals surface area contributed by atoms with Crippen LogP contribution in [0.2, 0.25) is 0 Å². The molecule has 0 radical (unpaired) electrons. The first kappa shape index (κ1) is 16.8. The van der Waals surface area contributed by atoms with E-state index >= 15 is 0 Å². The lowest BCUT2D eigenvalue weighted by Crippen LogP contribution is -2.39. The maximum Gasteiger partial charge on any atom is 0.323 e. The zero-order chi connectivity index (χ0) is 16.8. The normalized spacial score (nSPS) is 11.9. The molecule has 0 bridgehead atoms. The molecule has 0 saturated heterocycles. The average molecular weight is 313 g/mol. The largest absolute Gasteiger partial charge is 0.471 e. The number of benzene rings is 1. The fourth-order valence-electron chi connectivity index (χ4n) is 2.04. The summed E-state index contributed by atoms with van der Waals surface area (Å²) in [6.45, 7) is 8.00. The minimum atomic E-state index is -0.453. The van der Waals surface area contributed by atoms with E-state index in [0.29, 0.717) is 11.7 Å². The van der Waals surface area contributed by atoms with E-state index in [1.807, 2.05) is 37.3 Å². The fourth-order valence-corrected chi connectivity index (χ4v) is 2.04. The van der Waals surface area contributed by atoms with Gasteiger partial charge in [-0.3, -0.25) is 5.32 Å². The van der Waals surface area contributed by atoms with Gasteiger partial charge in [0.2, 0.25) is 0 Å². The number of nitrogens with zero attached hydrogens (tertiary/aromatic N) is 1. The Labute approximate surface area is 137 Å². The Kier molecular flexibility index (Phi) is 5.57. The summed E-state index contributed by atoms with van der Waals surface area (Å²) >= 11 is 0. The maximum absolute atomic E-state index is 11.9. The zero-order valence-electron chi connectivity index (χ0n) is 14.0. The molecule has 0 fully saturated rings. The van der Waals surface area contributed by atoms with Crippen LogP contribution in [0, 0.1) is 6.92 Å². The number of pyridine rings is 1. The topological polar surface area (TPSA) is 63.2 Å². The van der Waals surface area contributed by atoms with Gasteiger partial charge >= 0.3 is 6.03 Å². The second kappa shape index (κ2) is 7.63. The van der Waals surface area contributed by atoms with Gasteiger partial charge in [0.05, 0.1) is 0 Å². The summed E-state index contributed by atoms with van der Waals surface area (Å²) in [7, 11) is 0. The quantitative estimate of drug-likeness (QED) is 0.818. The Morgan fingerprint density at radius 2 is 1.78 bits per heavy atom. The molecule has 2 aromatic rings. The Bertz CT molecular complexity index is 636. The predicted molar refractivity (Wildman–Crippen MR) is 91.7 cm³/mol. The Hall–Kier alpha value is -2.56. The summed E-state index contributed by atoms with van der Waals surface area (Å²) in [6.07, 6.45) is 1.25. The third kappa shape index (κ3) is 5.29. The van der Waals surface area contributed by atoms with Gasteiger partial charge in [0.25, 0.3) is 0 Å². The van der Waals surface area contributed by atoms with E-state index in [-0.39, 0.29) is 6.03 Å². The number of rotatable bonds is 5. The van der Waals surface area contributed by atoms with Crippen molar-refractivity contribution in [2.45, 2.75) is 39.8 Å². The minimum absolute atomic E-state index is 0.354. The standard InChI is InChI=1S/C18H23N3O2/c1-12(2)15-6-8-16(9-7-15)23-14(4)20-18(22)21-17-10-5-13(3)11-19-17/h5-12,14H,1-4H3,(H2,19,20,21,22). The van der Waals surface area contributed by atoms with Crippen LogP contribution < -0.4 is 15.4 Å². The van der Waals surface area contributed by atoms with E-state index in [9.17, 15) is 4.79 Å². The Balaban J connectivity index is 1.84. The molecule has 5 heteroatoms. The van der Waals surface area contributed by atoms with E-state index in [1.54, 1.807) is 19.2 Å². The molecule has 1 unspecified atom stereocenters. The number of anilines is 1. The smallest absolute Gasteiger partial charge is 0.323 e. The highest BCUT2D eigenvalue weighted by atomic mass is 16.5. The number of aromatic nitrogens is 1. The highest BCUT2D eigenvalue weighted by Crippen LogP contribution is 2.19. The number of carbonyl (C=O) groups excluding carboxylic acids is 1. The summed E-state index contributed by atoms with van der Waals surface area (Å²) in [4.78, 5) is 16.0. The van der Waals surface area contributed by atoms with Crippen LogP contribution >= 0.6 is 0 Å². The monoisotopic (exact) mass is 313 g/mol. The Morgan fingerprint density at radius 3 is 2.35 bits per heavy atom. The molecule has 0 spiro atoms. The van der Waals surface area contributed by atoms with Gasteiger partial charge in [0.15, 0.2) is 6.23 Å². The summed E-state index contributed by atoms with van der Waals surface area (Å²) < 4.78 is 5.68. The van der Waals surface area contributed by atoms with Crippen molar-refractivity contribution >= 4 is 11.8 Å². The molecule has 0 saturated carbocycles.